The van der Waals surface area contributed by atoms with Crippen molar-refractivity contribution in [3.63, 3.8) is 0 Å². The minimum Gasteiger partial charge on any atom is -0.379 e. The van der Waals surface area contributed by atoms with Crippen molar-refractivity contribution in [2.75, 3.05) is 39.5 Å². The average Bonchev–Trinajstić information content (AvgIpc) is 3.03. The minimum absolute atomic E-state index is 0.0517. The highest BCUT2D eigenvalue weighted by Gasteiger charge is 2.14. The normalized spacial score (nSPS) is 18.0. The first-order valence-corrected chi connectivity index (χ1v) is 9.12. The molecular formula is C17H34N4O3. The second-order valence-electron chi connectivity index (χ2n) is 6.22. The maximum absolute atomic E-state index is 11.6. The lowest BCUT2D eigenvalue weighted by Crippen LogP contribution is -2.40. The van der Waals surface area contributed by atoms with Crippen LogP contribution >= 0.6 is 0 Å². The van der Waals surface area contributed by atoms with Crippen molar-refractivity contribution in [3.05, 3.63) is 0 Å². The van der Waals surface area contributed by atoms with Crippen LogP contribution in [0, 0.1) is 0 Å². The summed E-state index contributed by atoms with van der Waals surface area (Å²) in [5.74, 6) is 0.796. The molecule has 0 bridgehead atoms. The molecule has 0 radical (unpaired) electrons. The van der Waals surface area contributed by atoms with Gasteiger partial charge in [0.15, 0.2) is 5.96 Å². The maximum Gasteiger partial charge on any atom is 0.221 e. The molecule has 1 unspecified atom stereocenters. The lowest BCUT2D eigenvalue weighted by atomic mass is 10.2. The fourth-order valence-electron chi connectivity index (χ4n) is 2.38. The van der Waals surface area contributed by atoms with Crippen LogP contribution in [-0.4, -0.2) is 63.5 Å². The number of hydrogen-bond acceptors (Lipinski definition) is 4. The molecule has 0 aliphatic carbocycles. The molecular weight excluding hydrogens is 308 g/mol. The molecule has 1 heterocycles. The zero-order valence-corrected chi connectivity index (χ0v) is 15.4. The van der Waals surface area contributed by atoms with Crippen LogP contribution in [0.5, 0.6) is 0 Å². The van der Waals surface area contributed by atoms with E-state index >= 15 is 0 Å². The Hall–Kier alpha value is -1.34. The van der Waals surface area contributed by atoms with Gasteiger partial charge >= 0.3 is 0 Å². The summed E-state index contributed by atoms with van der Waals surface area (Å²) in [5, 5.41) is 9.23. The second kappa shape index (κ2) is 13.0. The van der Waals surface area contributed by atoms with E-state index in [0.29, 0.717) is 32.7 Å². The molecule has 24 heavy (non-hydrogen) atoms. The Kier molecular flexibility index (Phi) is 11.2. The van der Waals surface area contributed by atoms with Gasteiger partial charge in [0.2, 0.25) is 5.91 Å². The number of nitrogens with zero attached hydrogens (tertiary/aromatic N) is 1. The van der Waals surface area contributed by atoms with Gasteiger partial charge in [0.25, 0.3) is 0 Å². The van der Waals surface area contributed by atoms with E-state index in [0.717, 1.165) is 38.4 Å². The summed E-state index contributed by atoms with van der Waals surface area (Å²) in [6, 6.07) is 0.175. The van der Waals surface area contributed by atoms with E-state index in [2.05, 4.69) is 20.9 Å². The predicted octanol–water partition coefficient (Wildman–Crippen LogP) is 1.04. The van der Waals surface area contributed by atoms with Crippen LogP contribution < -0.4 is 16.0 Å². The van der Waals surface area contributed by atoms with Gasteiger partial charge < -0.3 is 25.4 Å². The zero-order chi connectivity index (χ0) is 17.6. The number of amides is 1. The van der Waals surface area contributed by atoms with Gasteiger partial charge in [-0.3, -0.25) is 9.79 Å². The summed E-state index contributed by atoms with van der Waals surface area (Å²) in [4.78, 5) is 16.1. The molecule has 1 aliphatic heterocycles. The van der Waals surface area contributed by atoms with Crippen molar-refractivity contribution in [1.82, 2.24) is 16.0 Å². The topological polar surface area (TPSA) is 84.0 Å². The van der Waals surface area contributed by atoms with Crippen LogP contribution in [-0.2, 0) is 14.3 Å². The average molecular weight is 342 g/mol. The van der Waals surface area contributed by atoms with Crippen LogP contribution in [0.3, 0.4) is 0 Å². The van der Waals surface area contributed by atoms with Crippen molar-refractivity contribution < 1.29 is 14.3 Å². The van der Waals surface area contributed by atoms with Crippen molar-refractivity contribution in [2.45, 2.75) is 58.6 Å². The summed E-state index contributed by atoms with van der Waals surface area (Å²) < 4.78 is 11.1. The molecule has 0 aromatic rings. The van der Waals surface area contributed by atoms with E-state index < -0.39 is 0 Å². The van der Waals surface area contributed by atoms with E-state index in [-0.39, 0.29) is 18.1 Å². The molecule has 1 saturated heterocycles. The van der Waals surface area contributed by atoms with Crippen molar-refractivity contribution >= 4 is 11.9 Å². The highest BCUT2D eigenvalue weighted by Crippen LogP contribution is 2.11. The van der Waals surface area contributed by atoms with Crippen molar-refractivity contribution in [3.8, 4) is 0 Å². The monoisotopic (exact) mass is 342 g/mol. The summed E-state index contributed by atoms with van der Waals surface area (Å²) >= 11 is 0. The number of carbonyl (C=O) groups is 1. The number of aliphatic imine (C=N–C) groups is 1. The Morgan fingerprint density at radius 3 is 2.88 bits per heavy atom. The standard InChI is InChI=1S/C17H34N4O3/c1-4-18-17(20-10-8-16(22)21-14(2)3)19-9-6-11-23-13-15-7-5-12-24-15/h14-15H,4-13H2,1-3H3,(H,21,22)(H2,18,19,20). The third kappa shape index (κ3) is 10.4. The first kappa shape index (κ1) is 20.7. The van der Waals surface area contributed by atoms with E-state index in [4.69, 9.17) is 9.47 Å². The molecule has 0 saturated carbocycles. The molecule has 7 heteroatoms. The molecule has 3 N–H and O–H groups in total. The quantitative estimate of drug-likeness (QED) is 0.297. The first-order chi connectivity index (χ1) is 11.6. The number of nitrogens with one attached hydrogen (secondary N) is 3. The molecule has 0 aromatic carbocycles. The van der Waals surface area contributed by atoms with Crippen LogP contribution in [0.25, 0.3) is 0 Å². The molecule has 0 spiro atoms. The van der Waals surface area contributed by atoms with E-state index in [1.165, 1.54) is 0 Å². The van der Waals surface area contributed by atoms with Crippen molar-refractivity contribution in [1.29, 1.82) is 0 Å². The predicted molar refractivity (Wildman–Crippen MR) is 96.3 cm³/mol. The zero-order valence-electron chi connectivity index (χ0n) is 15.4. The fraction of sp³-hybridized carbons (Fsp3) is 0.882. The Balaban J connectivity index is 2.11. The lowest BCUT2D eigenvalue weighted by Gasteiger charge is -2.12. The summed E-state index contributed by atoms with van der Waals surface area (Å²) in [6.45, 7) is 10.2. The van der Waals surface area contributed by atoms with E-state index in [9.17, 15) is 4.79 Å². The van der Waals surface area contributed by atoms with Gasteiger partial charge in [-0.25, -0.2) is 0 Å². The minimum atomic E-state index is 0.0517. The summed E-state index contributed by atoms with van der Waals surface area (Å²) in [6.07, 6.45) is 3.84. The van der Waals surface area contributed by atoms with Gasteiger partial charge in [0.05, 0.1) is 12.7 Å². The third-order valence-corrected chi connectivity index (χ3v) is 3.48. The number of ether oxygens (including phenoxy) is 2. The largest absolute Gasteiger partial charge is 0.379 e. The Morgan fingerprint density at radius 2 is 2.21 bits per heavy atom. The van der Waals surface area contributed by atoms with Gasteiger partial charge in [-0.1, -0.05) is 0 Å². The smallest absolute Gasteiger partial charge is 0.221 e. The molecule has 1 aliphatic rings. The molecule has 1 rings (SSSR count). The number of carbonyl (C=O) groups excluding carboxylic acids is 1. The molecule has 1 amide bonds. The lowest BCUT2D eigenvalue weighted by molar-refractivity contribution is -0.121. The fourth-order valence-corrected chi connectivity index (χ4v) is 2.38. The molecule has 0 aromatic heterocycles. The SMILES string of the molecule is CCNC(=NCCCOCC1CCCO1)NCCC(=O)NC(C)C. The van der Waals surface area contributed by atoms with Gasteiger partial charge in [0.1, 0.15) is 0 Å². The van der Waals surface area contributed by atoms with E-state index in [1.54, 1.807) is 0 Å². The molecule has 1 fully saturated rings. The Labute approximate surface area is 146 Å². The summed E-state index contributed by atoms with van der Waals surface area (Å²) in [5.41, 5.74) is 0. The Morgan fingerprint density at radius 1 is 1.38 bits per heavy atom. The maximum atomic E-state index is 11.6. The molecule has 140 valence electrons. The van der Waals surface area contributed by atoms with Crippen LogP contribution in [0.2, 0.25) is 0 Å². The van der Waals surface area contributed by atoms with Crippen molar-refractivity contribution in [2.24, 2.45) is 4.99 Å². The second-order valence-corrected chi connectivity index (χ2v) is 6.22. The Bertz CT molecular complexity index is 369. The highest BCUT2D eigenvalue weighted by atomic mass is 16.5. The third-order valence-electron chi connectivity index (χ3n) is 3.48. The van der Waals surface area contributed by atoms with Crippen LogP contribution in [0.15, 0.2) is 4.99 Å². The molecule has 7 nitrogen and oxygen atoms in total. The number of hydrogen-bond donors (Lipinski definition) is 3. The summed E-state index contributed by atoms with van der Waals surface area (Å²) in [7, 11) is 0. The van der Waals surface area contributed by atoms with Gasteiger partial charge in [-0.2, -0.15) is 0 Å². The van der Waals surface area contributed by atoms with E-state index in [1.807, 2.05) is 20.8 Å². The van der Waals surface area contributed by atoms with Crippen LogP contribution in [0.4, 0.5) is 0 Å². The van der Waals surface area contributed by atoms with Gasteiger partial charge in [-0.05, 0) is 40.0 Å². The highest BCUT2D eigenvalue weighted by molar-refractivity contribution is 5.81. The van der Waals surface area contributed by atoms with Gasteiger partial charge in [0, 0.05) is 45.3 Å². The number of rotatable bonds is 11. The van der Waals surface area contributed by atoms with Gasteiger partial charge in [-0.15, -0.1) is 0 Å². The first-order valence-electron chi connectivity index (χ1n) is 9.12. The number of guanidine groups is 1. The van der Waals surface area contributed by atoms with Crippen LogP contribution in [0.1, 0.15) is 46.5 Å². The molecule has 1 atom stereocenters.